The molecule has 9 heteroatoms. The van der Waals surface area contributed by atoms with Crippen LogP contribution >= 0.6 is 11.8 Å². The molecule has 0 atom stereocenters. The van der Waals surface area contributed by atoms with Crippen LogP contribution in [-0.2, 0) is 19.1 Å². The quantitative estimate of drug-likeness (QED) is 0.575. The Morgan fingerprint density at radius 1 is 1.32 bits per heavy atom. The summed E-state index contributed by atoms with van der Waals surface area (Å²) in [6.45, 7) is 4.24. The Hall–Kier alpha value is -2.26. The van der Waals surface area contributed by atoms with E-state index in [-0.39, 0.29) is 18.1 Å². The van der Waals surface area contributed by atoms with Gasteiger partial charge < -0.3 is 18.8 Å². The summed E-state index contributed by atoms with van der Waals surface area (Å²) in [7, 11) is 0. The average Bonchev–Trinajstić information content (AvgIpc) is 3.17. The summed E-state index contributed by atoms with van der Waals surface area (Å²) in [4.78, 5) is 38.9. The fourth-order valence-electron chi connectivity index (χ4n) is 2.47. The first kappa shape index (κ1) is 17.6. The van der Waals surface area contributed by atoms with Gasteiger partial charge in [-0.3, -0.25) is 19.3 Å². The first-order valence-electron chi connectivity index (χ1n) is 7.92. The van der Waals surface area contributed by atoms with Gasteiger partial charge in [-0.15, -0.1) is 0 Å². The van der Waals surface area contributed by atoms with Crippen LogP contribution in [0, 0.1) is 0 Å². The Balaban J connectivity index is 1.69. The number of anilines is 1. The molecule has 2 amide bonds. The number of carbonyl (C=O) groups excluding carboxylic acids is 3. The summed E-state index contributed by atoms with van der Waals surface area (Å²) < 4.78 is 15.8. The van der Waals surface area contributed by atoms with Crippen molar-refractivity contribution in [3.8, 4) is 0 Å². The summed E-state index contributed by atoms with van der Waals surface area (Å²) in [5.41, 5.74) is 0. The number of esters is 1. The minimum atomic E-state index is -0.612. The molecule has 3 rings (SSSR count). The predicted molar refractivity (Wildman–Crippen MR) is 91.1 cm³/mol. The third-order valence-corrected chi connectivity index (χ3v) is 4.58. The second-order valence-corrected chi connectivity index (χ2v) is 6.34. The summed E-state index contributed by atoms with van der Waals surface area (Å²) in [5.74, 6) is 0.0365. The monoisotopic (exact) mass is 366 g/mol. The summed E-state index contributed by atoms with van der Waals surface area (Å²) in [6.07, 6.45) is 1.51. The highest BCUT2D eigenvalue weighted by Gasteiger charge is 2.36. The zero-order valence-corrected chi connectivity index (χ0v) is 14.5. The molecule has 0 radical (unpaired) electrons. The van der Waals surface area contributed by atoms with Gasteiger partial charge in [-0.25, -0.2) is 0 Å². The van der Waals surface area contributed by atoms with Crippen LogP contribution in [0.25, 0.3) is 6.08 Å². The van der Waals surface area contributed by atoms with Crippen molar-refractivity contribution in [3.05, 3.63) is 22.8 Å². The van der Waals surface area contributed by atoms with Gasteiger partial charge in [-0.05, 0) is 24.8 Å². The smallest absolute Gasteiger partial charge is 0.326 e. The first-order valence-corrected chi connectivity index (χ1v) is 8.73. The molecule has 0 spiro atoms. The second-order valence-electron chi connectivity index (χ2n) is 5.35. The molecule has 2 fully saturated rings. The van der Waals surface area contributed by atoms with Gasteiger partial charge in [-0.2, -0.15) is 0 Å². The van der Waals surface area contributed by atoms with E-state index in [0.717, 1.165) is 29.8 Å². The summed E-state index contributed by atoms with van der Waals surface area (Å²) >= 11 is 0.779. The third-order valence-electron chi connectivity index (χ3n) is 3.67. The van der Waals surface area contributed by atoms with E-state index < -0.39 is 17.1 Å². The van der Waals surface area contributed by atoms with Crippen LogP contribution in [0.2, 0.25) is 0 Å². The molecule has 0 aromatic carbocycles. The average molecular weight is 366 g/mol. The minimum absolute atomic E-state index is 0.196. The van der Waals surface area contributed by atoms with Crippen LogP contribution in [0.15, 0.2) is 21.5 Å². The largest absolute Gasteiger partial charge is 0.465 e. The highest BCUT2D eigenvalue weighted by molar-refractivity contribution is 8.18. The van der Waals surface area contributed by atoms with Crippen molar-refractivity contribution in [1.29, 1.82) is 0 Å². The number of hydrogen-bond acceptors (Lipinski definition) is 8. The number of thioether (sulfide) groups is 1. The van der Waals surface area contributed by atoms with Crippen molar-refractivity contribution in [2.75, 3.05) is 44.4 Å². The molecule has 3 heterocycles. The highest BCUT2D eigenvalue weighted by Crippen LogP contribution is 2.33. The minimum Gasteiger partial charge on any atom is -0.465 e. The van der Waals surface area contributed by atoms with E-state index in [1.165, 1.54) is 6.08 Å². The van der Waals surface area contributed by atoms with Crippen LogP contribution in [0.5, 0.6) is 0 Å². The summed E-state index contributed by atoms with van der Waals surface area (Å²) in [6, 6.07) is 3.56. The van der Waals surface area contributed by atoms with Crippen LogP contribution in [-0.4, -0.2) is 61.5 Å². The lowest BCUT2D eigenvalue weighted by atomic mass is 10.3. The standard InChI is InChI=1S/C16H18N2O6S/c1-2-23-14(19)10-18-15(20)12(25-16(18)21)9-11-3-4-13(24-11)17-5-7-22-8-6-17/h3-4,9H,2,5-8,10H2,1H3/b12-9+. The number of nitrogens with zero attached hydrogens (tertiary/aromatic N) is 2. The van der Waals surface area contributed by atoms with E-state index in [4.69, 9.17) is 13.9 Å². The van der Waals surface area contributed by atoms with Crippen molar-refractivity contribution < 1.29 is 28.3 Å². The molecule has 8 nitrogen and oxygen atoms in total. The van der Waals surface area contributed by atoms with Gasteiger partial charge in [0.15, 0.2) is 5.88 Å². The Morgan fingerprint density at radius 2 is 2.08 bits per heavy atom. The number of hydrogen-bond donors (Lipinski definition) is 0. The molecule has 0 unspecified atom stereocenters. The van der Waals surface area contributed by atoms with E-state index >= 15 is 0 Å². The molecule has 0 N–H and O–H groups in total. The van der Waals surface area contributed by atoms with E-state index in [0.29, 0.717) is 24.9 Å². The molecule has 0 aliphatic carbocycles. The Morgan fingerprint density at radius 3 is 2.80 bits per heavy atom. The lowest BCUT2D eigenvalue weighted by Gasteiger charge is -2.26. The highest BCUT2D eigenvalue weighted by atomic mass is 32.2. The van der Waals surface area contributed by atoms with Crippen molar-refractivity contribution in [1.82, 2.24) is 4.90 Å². The number of imide groups is 1. The van der Waals surface area contributed by atoms with Gasteiger partial charge in [0.1, 0.15) is 12.3 Å². The number of rotatable bonds is 5. The zero-order valence-electron chi connectivity index (χ0n) is 13.7. The summed E-state index contributed by atoms with van der Waals surface area (Å²) in [5, 5.41) is -0.496. The predicted octanol–water partition coefficient (Wildman–Crippen LogP) is 1.72. The van der Waals surface area contributed by atoms with Crippen LogP contribution in [0.3, 0.4) is 0 Å². The van der Waals surface area contributed by atoms with Crippen LogP contribution in [0.4, 0.5) is 10.7 Å². The molecule has 2 aliphatic heterocycles. The molecule has 0 bridgehead atoms. The van der Waals surface area contributed by atoms with Crippen molar-refractivity contribution in [2.24, 2.45) is 0 Å². The molecular weight excluding hydrogens is 348 g/mol. The topological polar surface area (TPSA) is 89.3 Å². The van der Waals surface area contributed by atoms with Gasteiger partial charge in [0.2, 0.25) is 0 Å². The maximum atomic E-state index is 12.3. The SMILES string of the molecule is CCOC(=O)CN1C(=O)S/C(=C/c2ccc(N3CCOCC3)o2)C1=O. The molecule has 1 aromatic heterocycles. The Bertz CT molecular complexity index is 707. The van der Waals surface area contributed by atoms with Crippen molar-refractivity contribution in [3.63, 3.8) is 0 Å². The maximum Gasteiger partial charge on any atom is 0.326 e. The number of amides is 2. The number of ether oxygens (including phenoxy) is 2. The number of carbonyl (C=O) groups is 3. The Kier molecular flexibility index (Phi) is 5.44. The van der Waals surface area contributed by atoms with Crippen LogP contribution < -0.4 is 4.90 Å². The molecule has 134 valence electrons. The molecule has 25 heavy (non-hydrogen) atoms. The van der Waals surface area contributed by atoms with E-state index in [2.05, 4.69) is 0 Å². The normalized spacial score (nSPS) is 19.8. The molecule has 2 saturated heterocycles. The zero-order chi connectivity index (χ0) is 17.8. The number of morpholine rings is 1. The van der Waals surface area contributed by atoms with Crippen molar-refractivity contribution in [2.45, 2.75) is 6.92 Å². The number of furan rings is 1. The van der Waals surface area contributed by atoms with Gasteiger partial charge in [0.05, 0.1) is 24.7 Å². The fourth-order valence-corrected chi connectivity index (χ4v) is 3.29. The van der Waals surface area contributed by atoms with Gasteiger partial charge in [0, 0.05) is 25.2 Å². The molecular formula is C16H18N2O6S. The van der Waals surface area contributed by atoms with Gasteiger partial charge in [0.25, 0.3) is 11.1 Å². The second kappa shape index (κ2) is 7.75. The molecule has 1 aromatic rings. The van der Waals surface area contributed by atoms with Crippen molar-refractivity contribution >= 4 is 40.8 Å². The third kappa shape index (κ3) is 4.05. The van der Waals surface area contributed by atoms with Gasteiger partial charge >= 0.3 is 5.97 Å². The fraction of sp³-hybridized carbons (Fsp3) is 0.438. The van der Waals surface area contributed by atoms with E-state index in [1.54, 1.807) is 13.0 Å². The first-order chi connectivity index (χ1) is 12.1. The lowest BCUT2D eigenvalue weighted by molar-refractivity contribution is -0.145. The molecule has 0 saturated carbocycles. The van der Waals surface area contributed by atoms with E-state index in [1.807, 2.05) is 11.0 Å². The maximum absolute atomic E-state index is 12.3. The Labute approximate surface area is 148 Å². The van der Waals surface area contributed by atoms with Crippen LogP contribution in [0.1, 0.15) is 12.7 Å². The lowest BCUT2D eigenvalue weighted by Crippen LogP contribution is -2.35. The van der Waals surface area contributed by atoms with Gasteiger partial charge in [-0.1, -0.05) is 0 Å². The molecule has 2 aliphatic rings. The van der Waals surface area contributed by atoms with E-state index in [9.17, 15) is 14.4 Å².